The van der Waals surface area contributed by atoms with E-state index in [2.05, 4.69) is 22.3 Å². The molecule has 0 radical (unpaired) electrons. The van der Waals surface area contributed by atoms with Crippen molar-refractivity contribution >= 4 is 5.91 Å². The molecule has 1 aromatic carbocycles. The molecular weight excluding hydrogens is 336 g/mol. The van der Waals surface area contributed by atoms with Crippen molar-refractivity contribution in [1.29, 1.82) is 0 Å². The van der Waals surface area contributed by atoms with Gasteiger partial charge in [0.1, 0.15) is 5.82 Å². The molecule has 1 heterocycles. The van der Waals surface area contributed by atoms with Crippen LogP contribution in [0.15, 0.2) is 41.7 Å². The van der Waals surface area contributed by atoms with Crippen LogP contribution < -0.4 is 5.32 Å². The van der Waals surface area contributed by atoms with Crippen LogP contribution in [0.3, 0.4) is 0 Å². The molecule has 0 bridgehead atoms. The number of aryl methyl sites for hydroxylation is 1. The van der Waals surface area contributed by atoms with Gasteiger partial charge >= 0.3 is 0 Å². The van der Waals surface area contributed by atoms with Crippen molar-refractivity contribution in [3.8, 4) is 23.1 Å². The number of aromatic nitrogens is 2. The van der Waals surface area contributed by atoms with Gasteiger partial charge < -0.3 is 10.2 Å². The number of nitrogens with one attached hydrogen (secondary N) is 1. The summed E-state index contributed by atoms with van der Waals surface area (Å²) in [5.74, 6) is 6.85. The Labute approximate surface area is 162 Å². The van der Waals surface area contributed by atoms with Gasteiger partial charge in [0.2, 0.25) is 5.91 Å². The fourth-order valence-electron chi connectivity index (χ4n) is 2.91. The van der Waals surface area contributed by atoms with Crippen molar-refractivity contribution < 1.29 is 4.79 Å². The minimum Gasteiger partial charge on any atom is -0.372 e. The van der Waals surface area contributed by atoms with Gasteiger partial charge in [-0.15, -0.1) is 5.92 Å². The first-order valence-corrected chi connectivity index (χ1v) is 9.11. The fourth-order valence-corrected chi connectivity index (χ4v) is 2.91. The number of rotatable bonds is 6. The van der Waals surface area contributed by atoms with Crippen LogP contribution in [-0.4, -0.2) is 34.2 Å². The fraction of sp³-hybridized carbons (Fsp3) is 0.364. The number of allylic oxidation sites excluding steroid dienone is 1. The van der Waals surface area contributed by atoms with E-state index in [0.29, 0.717) is 0 Å². The summed E-state index contributed by atoms with van der Waals surface area (Å²) in [4.78, 5) is 14.4. The third-order valence-corrected chi connectivity index (χ3v) is 4.26. The molecule has 0 fully saturated rings. The average Bonchev–Trinajstić information content (AvgIpc) is 3.00. The van der Waals surface area contributed by atoms with E-state index in [-0.39, 0.29) is 12.3 Å². The lowest BCUT2D eigenvalue weighted by molar-refractivity contribution is -0.127. The minimum absolute atomic E-state index is 0.0206. The zero-order valence-electron chi connectivity index (χ0n) is 17.1. The van der Waals surface area contributed by atoms with Gasteiger partial charge in [-0.1, -0.05) is 18.1 Å². The van der Waals surface area contributed by atoms with Crippen LogP contribution in [0.5, 0.6) is 0 Å². The maximum atomic E-state index is 12.8. The summed E-state index contributed by atoms with van der Waals surface area (Å²) in [5.41, 5.74) is 4.75. The number of hydrogen-bond acceptors (Lipinski definition) is 3. The summed E-state index contributed by atoms with van der Waals surface area (Å²) in [5, 5.41) is 7.84. The van der Waals surface area contributed by atoms with Crippen LogP contribution in [0.2, 0.25) is 0 Å². The summed E-state index contributed by atoms with van der Waals surface area (Å²) in [7, 11) is 3.67. The van der Waals surface area contributed by atoms with Crippen molar-refractivity contribution in [1.82, 2.24) is 20.0 Å². The lowest BCUT2D eigenvalue weighted by Crippen LogP contribution is -2.35. The van der Waals surface area contributed by atoms with Crippen molar-refractivity contribution in [2.75, 3.05) is 13.6 Å². The molecule has 2 aromatic rings. The molecule has 27 heavy (non-hydrogen) atoms. The van der Waals surface area contributed by atoms with Crippen molar-refractivity contribution in [3.05, 3.63) is 53.0 Å². The molecule has 5 nitrogen and oxygen atoms in total. The topological polar surface area (TPSA) is 50.2 Å². The SMILES string of the molecule is CC#Cc1cccc(-c2cc(CC(=O)N(C)C(NCC)=C(C)C)n(C)n2)c1. The van der Waals surface area contributed by atoms with E-state index in [1.54, 1.807) is 16.6 Å². The highest BCUT2D eigenvalue weighted by atomic mass is 16.2. The van der Waals surface area contributed by atoms with E-state index >= 15 is 0 Å². The Bertz CT molecular complexity index is 908. The quantitative estimate of drug-likeness (QED) is 0.800. The molecule has 0 saturated heterocycles. The smallest absolute Gasteiger partial charge is 0.233 e. The van der Waals surface area contributed by atoms with Gasteiger partial charge in [0.25, 0.3) is 0 Å². The largest absolute Gasteiger partial charge is 0.372 e. The second kappa shape index (κ2) is 9.09. The molecular formula is C22H28N4O. The van der Waals surface area contributed by atoms with Gasteiger partial charge in [-0.05, 0) is 51.5 Å². The van der Waals surface area contributed by atoms with Gasteiger partial charge in [-0.3, -0.25) is 9.48 Å². The maximum absolute atomic E-state index is 12.8. The lowest BCUT2D eigenvalue weighted by atomic mass is 10.1. The Balaban J connectivity index is 2.24. The molecule has 0 atom stereocenters. The van der Waals surface area contributed by atoms with Crippen LogP contribution in [0.1, 0.15) is 39.0 Å². The Morgan fingerprint density at radius 3 is 2.67 bits per heavy atom. The molecule has 0 unspecified atom stereocenters. The second-order valence-corrected chi connectivity index (χ2v) is 6.61. The normalized spacial score (nSPS) is 10.0. The zero-order valence-corrected chi connectivity index (χ0v) is 17.1. The molecule has 0 aliphatic rings. The third kappa shape index (κ3) is 5.01. The highest BCUT2D eigenvalue weighted by molar-refractivity contribution is 5.80. The first kappa shape index (κ1) is 20.3. The van der Waals surface area contributed by atoms with E-state index in [4.69, 9.17) is 0 Å². The molecule has 1 amide bonds. The number of amides is 1. The number of carbonyl (C=O) groups is 1. The predicted octanol–water partition coefficient (Wildman–Crippen LogP) is 3.32. The average molecular weight is 364 g/mol. The first-order valence-electron chi connectivity index (χ1n) is 9.11. The number of benzene rings is 1. The molecule has 2 rings (SSSR count). The summed E-state index contributed by atoms with van der Waals surface area (Å²) in [6.07, 6.45) is 0.288. The van der Waals surface area contributed by atoms with Crippen LogP contribution >= 0.6 is 0 Å². The lowest BCUT2D eigenvalue weighted by Gasteiger charge is -2.23. The molecule has 0 saturated carbocycles. The van der Waals surface area contributed by atoms with E-state index in [9.17, 15) is 4.79 Å². The third-order valence-electron chi connectivity index (χ3n) is 4.26. The first-order chi connectivity index (χ1) is 12.9. The van der Waals surface area contributed by atoms with E-state index < -0.39 is 0 Å². The van der Waals surface area contributed by atoms with Crippen molar-refractivity contribution in [3.63, 3.8) is 0 Å². The minimum atomic E-state index is 0.0206. The Morgan fingerprint density at radius 2 is 2.04 bits per heavy atom. The molecule has 142 valence electrons. The van der Waals surface area contributed by atoms with Gasteiger partial charge in [-0.2, -0.15) is 5.10 Å². The molecule has 0 aliphatic carbocycles. The van der Waals surface area contributed by atoms with Crippen molar-refractivity contribution in [2.45, 2.75) is 34.1 Å². The summed E-state index contributed by atoms with van der Waals surface area (Å²) in [6.45, 7) is 8.60. The van der Waals surface area contributed by atoms with Crippen LogP contribution in [0.25, 0.3) is 11.3 Å². The van der Waals surface area contributed by atoms with Crippen LogP contribution in [0, 0.1) is 11.8 Å². The number of nitrogens with zero attached hydrogens (tertiary/aromatic N) is 3. The van der Waals surface area contributed by atoms with Crippen LogP contribution in [-0.2, 0) is 18.3 Å². The Hall–Kier alpha value is -3.00. The van der Waals surface area contributed by atoms with Gasteiger partial charge in [0.15, 0.2) is 0 Å². The van der Waals surface area contributed by atoms with Gasteiger partial charge in [0, 0.05) is 37.5 Å². The summed E-state index contributed by atoms with van der Waals surface area (Å²) >= 11 is 0. The highest BCUT2D eigenvalue weighted by Gasteiger charge is 2.17. The number of carbonyl (C=O) groups excluding carboxylic acids is 1. The predicted molar refractivity (Wildman–Crippen MR) is 110 cm³/mol. The van der Waals surface area contributed by atoms with E-state index in [1.807, 2.05) is 65.1 Å². The molecule has 1 N–H and O–H groups in total. The zero-order chi connectivity index (χ0) is 20.0. The summed E-state index contributed by atoms with van der Waals surface area (Å²) < 4.78 is 1.77. The monoisotopic (exact) mass is 364 g/mol. The highest BCUT2D eigenvalue weighted by Crippen LogP contribution is 2.21. The maximum Gasteiger partial charge on any atom is 0.233 e. The number of likely N-dealkylation sites (N-methyl/N-ethyl adjacent to an activating group) is 1. The van der Waals surface area contributed by atoms with E-state index in [1.165, 1.54) is 0 Å². The standard InChI is InChI=1S/C22H28N4O/c1-7-10-17-11-9-12-18(13-17)20-14-19(26(6)24-20)15-21(27)25(5)22(16(3)4)23-8-2/h9,11-14,23H,8,15H2,1-6H3. The molecule has 1 aromatic heterocycles. The van der Waals surface area contributed by atoms with Gasteiger partial charge in [-0.25, -0.2) is 0 Å². The van der Waals surface area contributed by atoms with E-state index in [0.717, 1.165) is 40.5 Å². The second-order valence-electron chi connectivity index (χ2n) is 6.61. The molecule has 0 aliphatic heterocycles. The van der Waals surface area contributed by atoms with Crippen LogP contribution in [0.4, 0.5) is 0 Å². The summed E-state index contributed by atoms with van der Waals surface area (Å²) in [6, 6.07) is 9.94. The van der Waals surface area contributed by atoms with Crippen molar-refractivity contribution in [2.24, 2.45) is 7.05 Å². The molecule has 0 spiro atoms. The Morgan fingerprint density at radius 1 is 1.30 bits per heavy atom. The van der Waals surface area contributed by atoms with Gasteiger partial charge in [0.05, 0.1) is 12.1 Å². The molecule has 5 heteroatoms. The Kier molecular flexibility index (Phi) is 6.84. The number of hydrogen-bond donors (Lipinski definition) is 1.